The molecule has 0 N–H and O–H groups in total. The molecule has 0 spiro atoms. The zero-order valence-corrected chi connectivity index (χ0v) is 13.4. The van der Waals surface area contributed by atoms with E-state index in [9.17, 15) is 8.42 Å². The average molecular weight is 316 g/mol. The molecule has 1 aromatic rings. The van der Waals surface area contributed by atoms with E-state index in [0.29, 0.717) is 10.8 Å². The van der Waals surface area contributed by atoms with Crippen molar-refractivity contribution in [3.63, 3.8) is 0 Å². The highest BCUT2D eigenvalue weighted by atomic mass is 32.2. The van der Waals surface area contributed by atoms with Crippen LogP contribution in [0.3, 0.4) is 0 Å². The fourth-order valence-corrected chi connectivity index (χ4v) is 5.95. The standard InChI is InChI=1S/C13H20N2O3S2/c1-14(2)11-9-15(10-5-3-7-18-13(10)11)20(16,17)12-6-4-8-19-12/h4,6,8,10-11,13H,3,5,7,9H2,1-2H3/t10-,11-,13+/m1/s1. The Balaban J connectivity index is 1.94. The van der Waals surface area contributed by atoms with Gasteiger partial charge in [-0.25, -0.2) is 8.42 Å². The molecule has 0 aliphatic carbocycles. The molecule has 2 aliphatic rings. The fourth-order valence-electron chi connectivity index (χ4n) is 3.15. The van der Waals surface area contributed by atoms with Gasteiger partial charge in [-0.3, -0.25) is 0 Å². The maximum absolute atomic E-state index is 12.8. The van der Waals surface area contributed by atoms with Gasteiger partial charge in [0, 0.05) is 13.2 Å². The minimum Gasteiger partial charge on any atom is -0.375 e. The molecule has 2 fully saturated rings. The minimum atomic E-state index is -3.39. The molecule has 1 aromatic heterocycles. The van der Waals surface area contributed by atoms with E-state index < -0.39 is 10.0 Å². The van der Waals surface area contributed by atoms with Crippen molar-refractivity contribution in [1.82, 2.24) is 9.21 Å². The Morgan fingerprint density at radius 3 is 2.90 bits per heavy atom. The van der Waals surface area contributed by atoms with Crippen LogP contribution in [0, 0.1) is 0 Å². The normalized spacial score (nSPS) is 31.6. The van der Waals surface area contributed by atoms with E-state index in [1.807, 2.05) is 14.1 Å². The van der Waals surface area contributed by atoms with E-state index >= 15 is 0 Å². The van der Waals surface area contributed by atoms with Gasteiger partial charge in [0.15, 0.2) is 0 Å². The molecule has 7 heteroatoms. The van der Waals surface area contributed by atoms with E-state index in [2.05, 4.69) is 4.90 Å². The Labute approximate surface area is 124 Å². The van der Waals surface area contributed by atoms with E-state index in [1.165, 1.54) is 11.3 Å². The Bertz CT molecular complexity index is 556. The maximum Gasteiger partial charge on any atom is 0.252 e. The highest BCUT2D eigenvalue weighted by Crippen LogP contribution is 2.35. The third-order valence-corrected chi connectivity index (χ3v) is 7.44. The summed E-state index contributed by atoms with van der Waals surface area (Å²) in [4.78, 5) is 2.08. The van der Waals surface area contributed by atoms with Gasteiger partial charge in [-0.1, -0.05) is 6.07 Å². The molecule has 3 heterocycles. The van der Waals surface area contributed by atoms with Gasteiger partial charge in [-0.15, -0.1) is 11.3 Å². The van der Waals surface area contributed by atoms with Crippen LogP contribution in [0.15, 0.2) is 21.7 Å². The molecule has 20 heavy (non-hydrogen) atoms. The Morgan fingerprint density at radius 2 is 2.25 bits per heavy atom. The Hall–Kier alpha value is -0.470. The molecular formula is C13H20N2O3S2. The molecule has 0 unspecified atom stereocenters. The van der Waals surface area contributed by atoms with Crippen LogP contribution < -0.4 is 0 Å². The second-order valence-electron chi connectivity index (χ2n) is 5.58. The van der Waals surface area contributed by atoms with Gasteiger partial charge in [0.25, 0.3) is 10.0 Å². The number of hydrogen-bond donors (Lipinski definition) is 0. The van der Waals surface area contributed by atoms with Crippen molar-refractivity contribution < 1.29 is 13.2 Å². The zero-order chi connectivity index (χ0) is 14.3. The SMILES string of the molecule is CN(C)[C@@H]1CN(S(=O)(=O)c2cccs2)[C@@H]2CCCO[C@H]12. The van der Waals surface area contributed by atoms with Crippen molar-refractivity contribution in [3.05, 3.63) is 17.5 Å². The number of hydrogen-bond acceptors (Lipinski definition) is 5. The topological polar surface area (TPSA) is 49.9 Å². The smallest absolute Gasteiger partial charge is 0.252 e. The second-order valence-corrected chi connectivity index (χ2v) is 8.65. The molecule has 0 saturated carbocycles. The molecule has 3 rings (SSSR count). The average Bonchev–Trinajstić information content (AvgIpc) is 3.07. The third-order valence-electron chi connectivity index (χ3n) is 4.17. The molecule has 2 aliphatic heterocycles. The van der Waals surface area contributed by atoms with Crippen LogP contribution in [0.25, 0.3) is 0 Å². The van der Waals surface area contributed by atoms with Crippen LogP contribution in [0.1, 0.15) is 12.8 Å². The number of rotatable bonds is 3. The number of likely N-dealkylation sites (N-methyl/N-ethyl adjacent to an activating group) is 1. The van der Waals surface area contributed by atoms with Crippen molar-refractivity contribution in [2.45, 2.75) is 35.2 Å². The molecule has 3 atom stereocenters. The number of nitrogens with zero attached hydrogens (tertiary/aromatic N) is 2. The lowest BCUT2D eigenvalue weighted by Crippen LogP contribution is -2.45. The largest absolute Gasteiger partial charge is 0.375 e. The van der Waals surface area contributed by atoms with Crippen molar-refractivity contribution in [3.8, 4) is 0 Å². The Morgan fingerprint density at radius 1 is 1.45 bits per heavy atom. The van der Waals surface area contributed by atoms with Gasteiger partial charge in [-0.05, 0) is 38.4 Å². The van der Waals surface area contributed by atoms with Crippen LogP contribution in [0.5, 0.6) is 0 Å². The van der Waals surface area contributed by atoms with E-state index in [4.69, 9.17) is 4.74 Å². The molecule has 0 bridgehead atoms. The number of fused-ring (bicyclic) bond motifs is 1. The quantitative estimate of drug-likeness (QED) is 0.842. The monoisotopic (exact) mass is 316 g/mol. The minimum absolute atomic E-state index is 0.00603. The van der Waals surface area contributed by atoms with E-state index in [-0.39, 0.29) is 18.2 Å². The van der Waals surface area contributed by atoms with Gasteiger partial charge >= 0.3 is 0 Å². The van der Waals surface area contributed by atoms with Crippen LogP contribution in [-0.2, 0) is 14.8 Å². The van der Waals surface area contributed by atoms with E-state index in [1.54, 1.807) is 21.8 Å². The van der Waals surface area contributed by atoms with Crippen molar-refractivity contribution in [2.75, 3.05) is 27.2 Å². The van der Waals surface area contributed by atoms with E-state index in [0.717, 1.165) is 19.4 Å². The number of thiophene rings is 1. The van der Waals surface area contributed by atoms with Crippen molar-refractivity contribution >= 4 is 21.4 Å². The van der Waals surface area contributed by atoms with Gasteiger partial charge in [0.05, 0.1) is 18.2 Å². The lowest BCUT2D eigenvalue weighted by Gasteiger charge is -2.33. The summed E-state index contributed by atoms with van der Waals surface area (Å²) in [7, 11) is 0.587. The first kappa shape index (κ1) is 14.5. The summed E-state index contributed by atoms with van der Waals surface area (Å²) in [5.74, 6) is 0. The summed E-state index contributed by atoms with van der Waals surface area (Å²) in [6, 6.07) is 3.58. The molecule has 0 amide bonds. The molecule has 112 valence electrons. The lowest BCUT2D eigenvalue weighted by molar-refractivity contribution is -0.0266. The summed E-state index contributed by atoms with van der Waals surface area (Å²) < 4.78 is 33.5. The molecule has 0 aromatic carbocycles. The maximum atomic E-state index is 12.8. The van der Waals surface area contributed by atoms with Crippen LogP contribution in [0.4, 0.5) is 0 Å². The summed E-state index contributed by atoms with van der Waals surface area (Å²) in [5, 5.41) is 1.81. The molecule has 5 nitrogen and oxygen atoms in total. The van der Waals surface area contributed by atoms with Crippen LogP contribution >= 0.6 is 11.3 Å². The van der Waals surface area contributed by atoms with Crippen molar-refractivity contribution in [1.29, 1.82) is 0 Å². The Kier molecular flexibility index (Phi) is 3.89. The highest BCUT2D eigenvalue weighted by Gasteiger charge is 2.49. The lowest BCUT2D eigenvalue weighted by atomic mass is 10.0. The number of ether oxygens (including phenoxy) is 1. The highest BCUT2D eigenvalue weighted by molar-refractivity contribution is 7.91. The van der Waals surface area contributed by atoms with Gasteiger partial charge in [0.1, 0.15) is 4.21 Å². The summed E-state index contributed by atoms with van der Waals surface area (Å²) in [6.07, 6.45) is 1.81. The van der Waals surface area contributed by atoms with Crippen LogP contribution in [-0.4, -0.2) is 63.1 Å². The molecule has 0 radical (unpaired) electrons. The summed E-state index contributed by atoms with van der Waals surface area (Å²) in [6.45, 7) is 1.25. The predicted molar refractivity (Wildman–Crippen MR) is 78.4 cm³/mol. The van der Waals surface area contributed by atoms with Crippen molar-refractivity contribution in [2.24, 2.45) is 0 Å². The first-order chi connectivity index (χ1) is 9.51. The summed E-state index contributed by atoms with van der Waals surface area (Å²) in [5.41, 5.74) is 0. The van der Waals surface area contributed by atoms with Gasteiger partial charge < -0.3 is 9.64 Å². The first-order valence-electron chi connectivity index (χ1n) is 6.85. The zero-order valence-electron chi connectivity index (χ0n) is 11.7. The van der Waals surface area contributed by atoms with Gasteiger partial charge in [-0.2, -0.15) is 4.31 Å². The summed E-state index contributed by atoms with van der Waals surface area (Å²) >= 11 is 1.28. The fraction of sp³-hybridized carbons (Fsp3) is 0.692. The first-order valence-corrected chi connectivity index (χ1v) is 9.17. The molecular weight excluding hydrogens is 296 g/mol. The molecule has 2 saturated heterocycles. The third kappa shape index (κ3) is 2.31. The number of sulfonamides is 1. The van der Waals surface area contributed by atoms with Crippen LogP contribution in [0.2, 0.25) is 0 Å². The van der Waals surface area contributed by atoms with Gasteiger partial charge in [0.2, 0.25) is 0 Å². The predicted octanol–water partition coefficient (Wildman–Crippen LogP) is 1.23. The second kappa shape index (κ2) is 5.38.